The Morgan fingerprint density at radius 2 is 1.56 bits per heavy atom. The molecule has 0 saturated carbocycles. The number of methoxy groups -OCH3 is 2. The Balaban J connectivity index is 1.76. The third-order valence-electron chi connectivity index (χ3n) is 5.01. The number of benzene rings is 3. The van der Waals surface area contributed by atoms with Gasteiger partial charge in [-0.2, -0.15) is 0 Å². The zero-order valence-corrected chi connectivity index (χ0v) is 18.2. The molecule has 6 heteroatoms. The summed E-state index contributed by atoms with van der Waals surface area (Å²) in [7, 11) is 3.23. The van der Waals surface area contributed by atoms with Gasteiger partial charge >= 0.3 is 0 Å². The molecule has 0 saturated heterocycles. The monoisotopic (exact) mass is 428 g/mol. The third kappa shape index (κ3) is 4.34. The molecule has 0 fully saturated rings. The molecule has 1 aliphatic rings. The van der Waals surface area contributed by atoms with E-state index in [9.17, 15) is 4.79 Å². The molecular formula is C26H24N2O4. The number of rotatable bonds is 7. The smallest absolute Gasteiger partial charge is 0.282 e. The normalized spacial score (nSPS) is 14.5. The molecule has 0 N–H and O–H groups in total. The van der Waals surface area contributed by atoms with Crippen molar-refractivity contribution in [2.45, 2.75) is 6.92 Å². The molecule has 0 radical (unpaired) electrons. The number of amides is 1. The van der Waals surface area contributed by atoms with Crippen LogP contribution in [0.1, 0.15) is 18.1 Å². The predicted octanol–water partition coefficient (Wildman–Crippen LogP) is 4.94. The van der Waals surface area contributed by atoms with Crippen LogP contribution in [-0.4, -0.2) is 32.6 Å². The van der Waals surface area contributed by atoms with Gasteiger partial charge in [0, 0.05) is 5.56 Å². The number of aliphatic imine (C=N–C) groups is 1. The Hall–Kier alpha value is -4.06. The van der Waals surface area contributed by atoms with Gasteiger partial charge in [0.25, 0.3) is 5.91 Å². The van der Waals surface area contributed by atoms with E-state index in [1.807, 2.05) is 79.7 Å². The summed E-state index contributed by atoms with van der Waals surface area (Å²) in [5.74, 6) is 2.54. The quantitative estimate of drug-likeness (QED) is 0.500. The predicted molar refractivity (Wildman–Crippen MR) is 126 cm³/mol. The van der Waals surface area contributed by atoms with E-state index in [1.165, 1.54) is 0 Å². The topological polar surface area (TPSA) is 60.4 Å². The number of carbonyl (C=O) groups is 1. The number of anilines is 1. The zero-order valence-electron chi connectivity index (χ0n) is 18.2. The molecule has 1 aliphatic heterocycles. The summed E-state index contributed by atoms with van der Waals surface area (Å²) in [4.78, 5) is 19.8. The van der Waals surface area contributed by atoms with E-state index in [1.54, 1.807) is 25.2 Å². The molecule has 4 rings (SSSR count). The van der Waals surface area contributed by atoms with Crippen molar-refractivity contribution in [3.8, 4) is 17.2 Å². The first-order valence-corrected chi connectivity index (χ1v) is 10.3. The van der Waals surface area contributed by atoms with E-state index < -0.39 is 0 Å². The summed E-state index contributed by atoms with van der Waals surface area (Å²) >= 11 is 0. The highest BCUT2D eigenvalue weighted by Gasteiger charge is 2.32. The molecule has 3 aromatic rings. The van der Waals surface area contributed by atoms with Crippen molar-refractivity contribution >= 4 is 23.5 Å². The van der Waals surface area contributed by atoms with Crippen molar-refractivity contribution in [2.75, 3.05) is 25.7 Å². The summed E-state index contributed by atoms with van der Waals surface area (Å²) < 4.78 is 16.1. The molecule has 1 heterocycles. The lowest BCUT2D eigenvalue weighted by Gasteiger charge is -2.19. The van der Waals surface area contributed by atoms with Gasteiger partial charge in [-0.15, -0.1) is 0 Å². The SMILES string of the molecule is CCOc1ccc(N2C(=O)/C(=C\c3cccc(OC)c3)N=C2c2ccc(OC)cc2)cc1. The molecule has 0 unspecified atom stereocenters. The van der Waals surface area contributed by atoms with E-state index in [2.05, 4.69) is 0 Å². The number of nitrogens with zero attached hydrogens (tertiary/aromatic N) is 2. The van der Waals surface area contributed by atoms with Gasteiger partial charge in [0.05, 0.1) is 26.5 Å². The van der Waals surface area contributed by atoms with Crippen molar-refractivity contribution < 1.29 is 19.0 Å². The van der Waals surface area contributed by atoms with Gasteiger partial charge < -0.3 is 14.2 Å². The van der Waals surface area contributed by atoms with Gasteiger partial charge in [-0.25, -0.2) is 4.99 Å². The van der Waals surface area contributed by atoms with E-state index in [-0.39, 0.29) is 5.91 Å². The first kappa shape index (κ1) is 21.2. The van der Waals surface area contributed by atoms with Crippen LogP contribution in [0.25, 0.3) is 6.08 Å². The molecule has 6 nitrogen and oxygen atoms in total. The summed E-state index contributed by atoms with van der Waals surface area (Å²) in [5.41, 5.74) is 2.70. The highest BCUT2D eigenvalue weighted by molar-refractivity contribution is 6.33. The van der Waals surface area contributed by atoms with Gasteiger partial charge in [0.1, 0.15) is 28.8 Å². The van der Waals surface area contributed by atoms with Crippen molar-refractivity contribution in [3.63, 3.8) is 0 Å². The Bertz CT molecular complexity index is 1170. The van der Waals surface area contributed by atoms with Crippen molar-refractivity contribution in [1.82, 2.24) is 0 Å². The molecule has 0 spiro atoms. The van der Waals surface area contributed by atoms with Crippen LogP contribution < -0.4 is 19.1 Å². The lowest BCUT2D eigenvalue weighted by atomic mass is 10.1. The maximum Gasteiger partial charge on any atom is 0.282 e. The zero-order chi connectivity index (χ0) is 22.5. The van der Waals surface area contributed by atoms with E-state index in [0.29, 0.717) is 29.6 Å². The minimum Gasteiger partial charge on any atom is -0.497 e. The van der Waals surface area contributed by atoms with Crippen LogP contribution in [0.3, 0.4) is 0 Å². The number of hydrogen-bond acceptors (Lipinski definition) is 5. The third-order valence-corrected chi connectivity index (χ3v) is 5.01. The standard InChI is InChI=1S/C26H24N2O4/c1-4-32-22-14-10-20(11-15-22)28-25(19-8-12-21(30-2)13-9-19)27-24(26(28)29)17-18-6-5-7-23(16-18)31-3/h5-17H,4H2,1-3H3/b24-17+. The molecule has 1 amide bonds. The molecule has 0 aromatic heterocycles. The molecule has 162 valence electrons. The lowest BCUT2D eigenvalue weighted by molar-refractivity contribution is -0.113. The maximum absolute atomic E-state index is 13.4. The summed E-state index contributed by atoms with van der Waals surface area (Å²) in [6, 6.07) is 22.4. The maximum atomic E-state index is 13.4. The van der Waals surface area contributed by atoms with E-state index in [0.717, 1.165) is 22.6 Å². The van der Waals surface area contributed by atoms with Crippen LogP contribution >= 0.6 is 0 Å². The van der Waals surface area contributed by atoms with Gasteiger partial charge in [-0.1, -0.05) is 12.1 Å². The largest absolute Gasteiger partial charge is 0.497 e. The number of amidine groups is 1. The number of ether oxygens (including phenoxy) is 3. The Morgan fingerprint density at radius 3 is 2.22 bits per heavy atom. The van der Waals surface area contributed by atoms with Crippen LogP contribution in [0.4, 0.5) is 5.69 Å². The minimum atomic E-state index is -0.206. The van der Waals surface area contributed by atoms with Crippen LogP contribution in [-0.2, 0) is 4.79 Å². The molecule has 0 atom stereocenters. The summed E-state index contributed by atoms with van der Waals surface area (Å²) in [6.45, 7) is 2.51. The molecule has 0 aliphatic carbocycles. The highest BCUT2D eigenvalue weighted by Crippen LogP contribution is 2.30. The average Bonchev–Trinajstić information content (AvgIpc) is 3.15. The van der Waals surface area contributed by atoms with Crippen molar-refractivity contribution in [1.29, 1.82) is 0 Å². The fourth-order valence-electron chi connectivity index (χ4n) is 3.44. The lowest BCUT2D eigenvalue weighted by Crippen LogP contribution is -2.32. The van der Waals surface area contributed by atoms with Crippen LogP contribution in [0.2, 0.25) is 0 Å². The fourth-order valence-corrected chi connectivity index (χ4v) is 3.44. The van der Waals surface area contributed by atoms with Crippen molar-refractivity contribution in [2.24, 2.45) is 4.99 Å². The van der Waals surface area contributed by atoms with E-state index in [4.69, 9.17) is 19.2 Å². The highest BCUT2D eigenvalue weighted by atomic mass is 16.5. The number of hydrogen-bond donors (Lipinski definition) is 0. The van der Waals surface area contributed by atoms with Crippen LogP contribution in [0.15, 0.2) is 83.5 Å². The first-order valence-electron chi connectivity index (χ1n) is 10.3. The van der Waals surface area contributed by atoms with Gasteiger partial charge in [0.15, 0.2) is 0 Å². The Morgan fingerprint density at radius 1 is 0.875 bits per heavy atom. The van der Waals surface area contributed by atoms with Gasteiger partial charge in [-0.3, -0.25) is 9.69 Å². The molecule has 3 aromatic carbocycles. The van der Waals surface area contributed by atoms with Crippen LogP contribution in [0.5, 0.6) is 17.2 Å². The second-order valence-corrected chi connectivity index (χ2v) is 7.04. The Kier molecular flexibility index (Phi) is 6.22. The summed E-state index contributed by atoms with van der Waals surface area (Å²) in [6.07, 6.45) is 1.77. The van der Waals surface area contributed by atoms with Gasteiger partial charge in [-0.05, 0) is 79.2 Å². The average molecular weight is 428 g/mol. The van der Waals surface area contributed by atoms with Crippen molar-refractivity contribution in [3.05, 3.63) is 89.6 Å². The second kappa shape index (κ2) is 9.39. The van der Waals surface area contributed by atoms with Gasteiger partial charge in [0.2, 0.25) is 0 Å². The second-order valence-electron chi connectivity index (χ2n) is 7.04. The molecule has 32 heavy (non-hydrogen) atoms. The van der Waals surface area contributed by atoms with Crippen LogP contribution in [0, 0.1) is 0 Å². The fraction of sp³-hybridized carbons (Fsp3) is 0.154. The summed E-state index contributed by atoms with van der Waals surface area (Å²) in [5, 5.41) is 0. The van der Waals surface area contributed by atoms with E-state index >= 15 is 0 Å². The Labute approximate surface area is 187 Å². The number of carbonyl (C=O) groups excluding carboxylic acids is 1. The molecule has 0 bridgehead atoms. The first-order chi connectivity index (χ1) is 15.6. The molecular weight excluding hydrogens is 404 g/mol. The minimum absolute atomic E-state index is 0.206.